The van der Waals surface area contributed by atoms with Crippen LogP contribution in [0.4, 0.5) is 11.4 Å². The molecule has 0 N–H and O–H groups in total. The summed E-state index contributed by atoms with van der Waals surface area (Å²) in [4.78, 5) is 45.1. The lowest BCUT2D eigenvalue weighted by atomic mass is 10.0. The highest BCUT2D eigenvalue weighted by molar-refractivity contribution is 6.09. The molecule has 202 valence electrons. The van der Waals surface area contributed by atoms with Crippen molar-refractivity contribution in [1.82, 2.24) is 0 Å². The van der Waals surface area contributed by atoms with Gasteiger partial charge in [-0.3, -0.25) is 25.0 Å². The predicted octanol–water partition coefficient (Wildman–Crippen LogP) is 6.56. The van der Waals surface area contributed by atoms with Crippen LogP contribution in [-0.2, 0) is 4.74 Å². The topological polar surface area (TPSA) is 139 Å². The fourth-order valence-electron chi connectivity index (χ4n) is 3.73. The first-order chi connectivity index (χ1) is 18.8. The van der Waals surface area contributed by atoms with Crippen molar-refractivity contribution in [2.75, 3.05) is 13.2 Å². The van der Waals surface area contributed by atoms with E-state index < -0.39 is 27.2 Å². The van der Waals surface area contributed by atoms with Crippen LogP contribution in [0.3, 0.4) is 0 Å². The van der Waals surface area contributed by atoms with Crippen molar-refractivity contribution in [1.29, 1.82) is 0 Å². The maximum atomic E-state index is 12.7. The number of hydrogen-bond acceptors (Lipinski definition) is 8. The molecule has 0 saturated carbocycles. The molecule has 0 fully saturated rings. The predicted molar refractivity (Wildman–Crippen MR) is 145 cm³/mol. The summed E-state index contributed by atoms with van der Waals surface area (Å²) < 4.78 is 10.8. The summed E-state index contributed by atoms with van der Waals surface area (Å²) in [6, 6.07) is 17.1. The van der Waals surface area contributed by atoms with E-state index in [0.29, 0.717) is 29.9 Å². The second-order valence-electron chi connectivity index (χ2n) is 8.63. The van der Waals surface area contributed by atoms with Gasteiger partial charge in [-0.2, -0.15) is 0 Å². The van der Waals surface area contributed by atoms with Crippen LogP contribution >= 0.6 is 0 Å². The Morgan fingerprint density at radius 2 is 1.28 bits per heavy atom. The highest BCUT2D eigenvalue weighted by Crippen LogP contribution is 2.23. The highest BCUT2D eigenvalue weighted by Gasteiger charge is 2.20. The van der Waals surface area contributed by atoms with Gasteiger partial charge in [0.25, 0.3) is 11.4 Å². The lowest BCUT2D eigenvalue weighted by Gasteiger charge is -2.08. The molecule has 0 heterocycles. The molecule has 0 bridgehead atoms. The maximum Gasteiger partial charge on any atom is 0.338 e. The summed E-state index contributed by atoms with van der Waals surface area (Å²) in [5.41, 5.74) is 0.899. The molecule has 0 aliphatic carbocycles. The normalized spacial score (nSPS) is 10.8. The molecule has 10 nitrogen and oxygen atoms in total. The third kappa shape index (κ3) is 8.60. The molecular formula is C29H28N2O8. The van der Waals surface area contributed by atoms with E-state index in [1.54, 1.807) is 24.3 Å². The lowest BCUT2D eigenvalue weighted by molar-refractivity contribution is -0.394. The summed E-state index contributed by atoms with van der Waals surface area (Å²) in [5, 5.41) is 21.9. The zero-order valence-corrected chi connectivity index (χ0v) is 21.4. The SMILES string of the molecule is C/C=C/c1ccc(C(=O)c2ccc(OCCCCCCOC(=O)c3cc([N+](=O)[O-])cc([N+](=O)[O-])c3)cc2)cc1. The molecule has 10 heteroatoms. The van der Waals surface area contributed by atoms with Gasteiger partial charge in [-0.05, 0) is 62.4 Å². The minimum absolute atomic E-state index is 0.0574. The number of ketones is 1. The first-order valence-corrected chi connectivity index (χ1v) is 12.4. The molecule has 0 aliphatic heterocycles. The number of esters is 1. The smallest absolute Gasteiger partial charge is 0.338 e. The minimum Gasteiger partial charge on any atom is -0.494 e. The van der Waals surface area contributed by atoms with Gasteiger partial charge in [0, 0.05) is 23.3 Å². The van der Waals surface area contributed by atoms with E-state index in [1.807, 2.05) is 43.3 Å². The molecule has 0 radical (unpaired) electrons. The van der Waals surface area contributed by atoms with Crippen LogP contribution < -0.4 is 4.74 Å². The Morgan fingerprint density at radius 3 is 1.82 bits per heavy atom. The van der Waals surface area contributed by atoms with Crippen LogP contribution in [-0.4, -0.2) is 34.8 Å². The largest absolute Gasteiger partial charge is 0.494 e. The molecule has 3 aromatic carbocycles. The quantitative estimate of drug-likeness (QED) is 0.0747. The molecule has 0 amide bonds. The van der Waals surface area contributed by atoms with Crippen molar-refractivity contribution < 1.29 is 28.9 Å². The Bertz CT molecular complexity index is 1320. The van der Waals surface area contributed by atoms with Gasteiger partial charge in [0.05, 0.1) is 34.7 Å². The van der Waals surface area contributed by atoms with Gasteiger partial charge in [-0.1, -0.05) is 36.4 Å². The zero-order chi connectivity index (χ0) is 28.2. The Hall–Kier alpha value is -4.86. The van der Waals surface area contributed by atoms with Crippen LogP contribution in [0, 0.1) is 20.2 Å². The molecule has 39 heavy (non-hydrogen) atoms. The zero-order valence-electron chi connectivity index (χ0n) is 21.4. The van der Waals surface area contributed by atoms with Gasteiger partial charge in [0.2, 0.25) is 0 Å². The first-order valence-electron chi connectivity index (χ1n) is 12.4. The lowest BCUT2D eigenvalue weighted by Crippen LogP contribution is -2.08. The van der Waals surface area contributed by atoms with E-state index in [0.717, 1.165) is 43.0 Å². The van der Waals surface area contributed by atoms with Crippen molar-refractivity contribution in [3.05, 3.63) is 115 Å². The number of unbranched alkanes of at least 4 members (excludes halogenated alkanes) is 3. The molecule has 0 atom stereocenters. The van der Waals surface area contributed by atoms with E-state index in [4.69, 9.17) is 9.47 Å². The van der Waals surface area contributed by atoms with Gasteiger partial charge in [0.15, 0.2) is 5.78 Å². The summed E-state index contributed by atoms with van der Waals surface area (Å²) in [6.07, 6.45) is 6.82. The second-order valence-corrected chi connectivity index (χ2v) is 8.63. The van der Waals surface area contributed by atoms with Crippen molar-refractivity contribution in [3.63, 3.8) is 0 Å². The van der Waals surface area contributed by atoms with Crippen molar-refractivity contribution in [3.8, 4) is 5.75 Å². The molecule has 0 saturated heterocycles. The maximum absolute atomic E-state index is 12.7. The third-order valence-corrected chi connectivity index (χ3v) is 5.75. The number of nitro groups is 2. The molecule has 0 aliphatic rings. The van der Waals surface area contributed by atoms with E-state index in [9.17, 15) is 29.8 Å². The number of rotatable bonds is 14. The van der Waals surface area contributed by atoms with Crippen LogP contribution in [0.25, 0.3) is 6.08 Å². The van der Waals surface area contributed by atoms with E-state index in [1.165, 1.54) is 0 Å². The number of hydrogen-bond donors (Lipinski definition) is 0. The summed E-state index contributed by atoms with van der Waals surface area (Å²) in [7, 11) is 0. The fourth-order valence-corrected chi connectivity index (χ4v) is 3.73. The standard InChI is InChI=1S/C29H28N2O8/c1-2-7-21-8-10-22(11-9-21)28(32)23-12-14-27(15-13-23)38-16-5-3-4-6-17-39-29(33)24-18-25(30(34)35)20-26(19-24)31(36)37/h2,7-15,18-20H,3-6,16-17H2,1H3/b7-2+. The number of carbonyl (C=O) groups excluding carboxylic acids is 2. The van der Waals surface area contributed by atoms with Crippen LogP contribution in [0.5, 0.6) is 5.75 Å². The van der Waals surface area contributed by atoms with Crippen LogP contribution in [0.15, 0.2) is 72.8 Å². The van der Waals surface area contributed by atoms with Gasteiger partial charge >= 0.3 is 5.97 Å². The number of carbonyl (C=O) groups is 2. The number of nitrogens with zero attached hydrogens (tertiary/aromatic N) is 2. The Labute approximate surface area is 225 Å². The van der Waals surface area contributed by atoms with Gasteiger partial charge < -0.3 is 9.47 Å². The van der Waals surface area contributed by atoms with Crippen molar-refractivity contribution in [2.24, 2.45) is 0 Å². The van der Waals surface area contributed by atoms with E-state index in [-0.39, 0.29) is 18.0 Å². The number of non-ortho nitro benzene ring substituents is 2. The van der Waals surface area contributed by atoms with Gasteiger partial charge in [-0.25, -0.2) is 4.79 Å². The number of nitro benzene ring substituents is 2. The summed E-state index contributed by atoms with van der Waals surface area (Å²) in [5.74, 6) is -0.245. The molecule has 3 rings (SSSR count). The Balaban J connectivity index is 1.35. The molecule has 0 spiro atoms. The summed E-state index contributed by atoms with van der Waals surface area (Å²) >= 11 is 0. The van der Waals surface area contributed by atoms with E-state index >= 15 is 0 Å². The van der Waals surface area contributed by atoms with Gasteiger partial charge in [-0.15, -0.1) is 0 Å². The minimum atomic E-state index is -0.849. The number of benzene rings is 3. The van der Waals surface area contributed by atoms with Crippen molar-refractivity contribution in [2.45, 2.75) is 32.6 Å². The van der Waals surface area contributed by atoms with Crippen molar-refractivity contribution >= 4 is 29.2 Å². The molecule has 3 aromatic rings. The summed E-state index contributed by atoms with van der Waals surface area (Å²) in [6.45, 7) is 2.51. The number of allylic oxidation sites excluding steroid dienone is 1. The first kappa shape index (κ1) is 28.7. The van der Waals surface area contributed by atoms with Gasteiger partial charge in [0.1, 0.15) is 5.75 Å². The second kappa shape index (κ2) is 14.2. The van der Waals surface area contributed by atoms with E-state index in [2.05, 4.69) is 0 Å². The van der Waals surface area contributed by atoms with Crippen LogP contribution in [0.1, 0.15) is 64.4 Å². The fraction of sp³-hybridized carbons (Fsp3) is 0.241. The molecular weight excluding hydrogens is 504 g/mol. The Kier molecular flexibility index (Phi) is 10.4. The Morgan fingerprint density at radius 1 is 0.744 bits per heavy atom. The molecule has 0 aromatic heterocycles. The number of ether oxygens (including phenoxy) is 2. The third-order valence-electron chi connectivity index (χ3n) is 5.75. The average Bonchev–Trinajstić information content (AvgIpc) is 2.94. The highest BCUT2D eigenvalue weighted by atomic mass is 16.6. The average molecular weight is 533 g/mol. The molecule has 0 unspecified atom stereocenters. The van der Waals surface area contributed by atoms with Crippen LogP contribution in [0.2, 0.25) is 0 Å². The monoisotopic (exact) mass is 532 g/mol.